The molecule has 0 radical (unpaired) electrons. The zero-order valence-electron chi connectivity index (χ0n) is 13.5. The van der Waals surface area contributed by atoms with Gasteiger partial charge in [-0.05, 0) is 36.8 Å². The van der Waals surface area contributed by atoms with Crippen molar-refractivity contribution in [3.63, 3.8) is 0 Å². The maximum atomic E-state index is 11.3. The number of amides is 1. The Labute approximate surface area is 135 Å². The molecule has 1 aromatic heterocycles. The predicted molar refractivity (Wildman–Crippen MR) is 87.4 cm³/mol. The molecule has 0 saturated carbocycles. The van der Waals surface area contributed by atoms with Crippen LogP contribution in [0.4, 0.5) is 5.69 Å². The minimum absolute atomic E-state index is 0.0596. The smallest absolute Gasteiger partial charge is 0.221 e. The SMILES string of the molecule is COc1ccc(C(C)NC(CO)c2ccco2)cc1NC(C)=O. The fourth-order valence-electron chi connectivity index (χ4n) is 2.39. The first-order chi connectivity index (χ1) is 11.0. The van der Waals surface area contributed by atoms with Crippen molar-refractivity contribution in [1.82, 2.24) is 5.32 Å². The van der Waals surface area contributed by atoms with Crippen LogP contribution < -0.4 is 15.4 Å². The first kappa shape index (κ1) is 17.1. The number of anilines is 1. The van der Waals surface area contributed by atoms with E-state index in [1.165, 1.54) is 6.92 Å². The highest BCUT2D eigenvalue weighted by Gasteiger charge is 2.18. The number of nitrogens with one attached hydrogen (secondary N) is 2. The second kappa shape index (κ2) is 7.80. The van der Waals surface area contributed by atoms with E-state index in [2.05, 4.69) is 10.6 Å². The fourth-order valence-corrected chi connectivity index (χ4v) is 2.39. The van der Waals surface area contributed by atoms with Crippen LogP contribution in [-0.2, 0) is 4.79 Å². The minimum Gasteiger partial charge on any atom is -0.495 e. The fraction of sp³-hybridized carbons (Fsp3) is 0.353. The molecule has 2 atom stereocenters. The molecule has 0 fully saturated rings. The third-order valence-electron chi connectivity index (χ3n) is 3.55. The predicted octanol–water partition coefficient (Wildman–Crippen LogP) is 2.63. The van der Waals surface area contributed by atoms with E-state index in [4.69, 9.17) is 9.15 Å². The van der Waals surface area contributed by atoms with Gasteiger partial charge < -0.3 is 19.6 Å². The Kier molecular flexibility index (Phi) is 5.78. The molecule has 0 spiro atoms. The second-order valence-electron chi connectivity index (χ2n) is 5.28. The standard InChI is InChI=1S/C17H22N2O4/c1-11(18-15(10-20)17-5-4-8-23-17)13-6-7-16(22-3)14(9-13)19-12(2)21/h4-9,11,15,18,20H,10H2,1-3H3,(H,19,21). The van der Waals surface area contributed by atoms with Crippen molar-refractivity contribution >= 4 is 11.6 Å². The molecule has 2 rings (SSSR count). The van der Waals surface area contributed by atoms with Crippen molar-refractivity contribution in [1.29, 1.82) is 0 Å². The molecule has 3 N–H and O–H groups in total. The molecule has 0 aliphatic carbocycles. The highest BCUT2D eigenvalue weighted by molar-refractivity contribution is 5.90. The van der Waals surface area contributed by atoms with Gasteiger partial charge in [-0.1, -0.05) is 6.07 Å². The summed E-state index contributed by atoms with van der Waals surface area (Å²) in [7, 11) is 1.56. The van der Waals surface area contributed by atoms with Crippen molar-refractivity contribution in [2.24, 2.45) is 0 Å². The van der Waals surface area contributed by atoms with Gasteiger partial charge in [0.25, 0.3) is 0 Å². The number of furan rings is 1. The van der Waals surface area contributed by atoms with E-state index in [1.807, 2.05) is 25.1 Å². The minimum atomic E-state index is -0.300. The highest BCUT2D eigenvalue weighted by atomic mass is 16.5. The van der Waals surface area contributed by atoms with Crippen LogP contribution in [0.5, 0.6) is 5.75 Å². The largest absolute Gasteiger partial charge is 0.495 e. The van der Waals surface area contributed by atoms with E-state index in [0.717, 1.165) is 5.56 Å². The Morgan fingerprint density at radius 3 is 2.74 bits per heavy atom. The van der Waals surface area contributed by atoms with E-state index in [1.54, 1.807) is 25.5 Å². The number of aliphatic hydroxyl groups excluding tert-OH is 1. The molecular formula is C17H22N2O4. The first-order valence-corrected chi connectivity index (χ1v) is 7.41. The van der Waals surface area contributed by atoms with Crippen LogP contribution >= 0.6 is 0 Å². The number of benzene rings is 1. The Balaban J connectivity index is 2.18. The Hall–Kier alpha value is -2.31. The third-order valence-corrected chi connectivity index (χ3v) is 3.55. The molecule has 6 nitrogen and oxygen atoms in total. The molecule has 124 valence electrons. The molecule has 23 heavy (non-hydrogen) atoms. The summed E-state index contributed by atoms with van der Waals surface area (Å²) < 4.78 is 10.6. The Morgan fingerprint density at radius 1 is 1.39 bits per heavy atom. The molecule has 2 unspecified atom stereocenters. The number of hydrogen-bond acceptors (Lipinski definition) is 5. The molecule has 0 bridgehead atoms. The molecule has 6 heteroatoms. The van der Waals surface area contributed by atoms with E-state index < -0.39 is 0 Å². The van der Waals surface area contributed by atoms with Crippen molar-refractivity contribution in [2.45, 2.75) is 25.9 Å². The average Bonchev–Trinajstić information content (AvgIpc) is 3.06. The third kappa shape index (κ3) is 4.34. The molecule has 2 aromatic rings. The van der Waals surface area contributed by atoms with E-state index in [0.29, 0.717) is 17.2 Å². The van der Waals surface area contributed by atoms with Crippen LogP contribution in [-0.4, -0.2) is 24.7 Å². The normalized spacial score (nSPS) is 13.4. The molecular weight excluding hydrogens is 296 g/mol. The summed E-state index contributed by atoms with van der Waals surface area (Å²) in [6.07, 6.45) is 1.58. The van der Waals surface area contributed by atoms with Crippen LogP contribution in [0, 0.1) is 0 Å². The maximum Gasteiger partial charge on any atom is 0.221 e. The molecule has 0 aliphatic heterocycles. The molecule has 1 heterocycles. The van der Waals surface area contributed by atoms with E-state index >= 15 is 0 Å². The lowest BCUT2D eigenvalue weighted by atomic mass is 10.1. The van der Waals surface area contributed by atoms with Crippen molar-refractivity contribution in [3.05, 3.63) is 47.9 Å². The monoisotopic (exact) mass is 318 g/mol. The van der Waals surface area contributed by atoms with Gasteiger partial charge in [-0.3, -0.25) is 10.1 Å². The Morgan fingerprint density at radius 2 is 2.17 bits per heavy atom. The van der Waals surface area contributed by atoms with Gasteiger partial charge in [0, 0.05) is 13.0 Å². The van der Waals surface area contributed by atoms with Gasteiger partial charge in [0.15, 0.2) is 0 Å². The number of hydrogen-bond donors (Lipinski definition) is 3. The van der Waals surface area contributed by atoms with E-state index in [-0.39, 0.29) is 24.6 Å². The van der Waals surface area contributed by atoms with Crippen LogP contribution in [0.2, 0.25) is 0 Å². The number of aliphatic hydroxyl groups is 1. The van der Waals surface area contributed by atoms with Gasteiger partial charge in [-0.2, -0.15) is 0 Å². The first-order valence-electron chi connectivity index (χ1n) is 7.41. The van der Waals surface area contributed by atoms with Gasteiger partial charge in [0.2, 0.25) is 5.91 Å². The van der Waals surface area contributed by atoms with E-state index in [9.17, 15) is 9.90 Å². The lowest BCUT2D eigenvalue weighted by Crippen LogP contribution is -2.27. The lowest BCUT2D eigenvalue weighted by molar-refractivity contribution is -0.114. The molecule has 1 aromatic carbocycles. The average molecular weight is 318 g/mol. The van der Waals surface area contributed by atoms with Crippen LogP contribution in [0.25, 0.3) is 0 Å². The van der Waals surface area contributed by atoms with Crippen LogP contribution in [0.15, 0.2) is 41.0 Å². The van der Waals surface area contributed by atoms with Gasteiger partial charge >= 0.3 is 0 Å². The van der Waals surface area contributed by atoms with Crippen molar-refractivity contribution in [3.8, 4) is 5.75 Å². The summed E-state index contributed by atoms with van der Waals surface area (Å²) in [5.41, 5.74) is 1.57. The topological polar surface area (TPSA) is 83.7 Å². The van der Waals surface area contributed by atoms with Gasteiger partial charge in [-0.15, -0.1) is 0 Å². The quantitative estimate of drug-likeness (QED) is 0.731. The van der Waals surface area contributed by atoms with Gasteiger partial charge in [0.05, 0.1) is 31.7 Å². The lowest BCUT2D eigenvalue weighted by Gasteiger charge is -2.21. The zero-order valence-corrected chi connectivity index (χ0v) is 13.5. The second-order valence-corrected chi connectivity index (χ2v) is 5.28. The molecule has 0 aliphatic rings. The van der Waals surface area contributed by atoms with Crippen molar-refractivity contribution in [2.75, 3.05) is 19.0 Å². The number of carbonyl (C=O) groups excluding carboxylic acids is 1. The number of ether oxygens (including phenoxy) is 1. The van der Waals surface area contributed by atoms with Gasteiger partial charge in [-0.25, -0.2) is 0 Å². The van der Waals surface area contributed by atoms with Crippen LogP contribution in [0.3, 0.4) is 0 Å². The highest BCUT2D eigenvalue weighted by Crippen LogP contribution is 2.29. The summed E-state index contributed by atoms with van der Waals surface area (Å²) in [5.74, 6) is 1.11. The maximum absolute atomic E-state index is 11.3. The Bertz CT molecular complexity index is 640. The number of methoxy groups -OCH3 is 1. The molecule has 1 amide bonds. The van der Waals surface area contributed by atoms with Crippen molar-refractivity contribution < 1.29 is 19.1 Å². The summed E-state index contributed by atoms with van der Waals surface area (Å²) in [4.78, 5) is 11.3. The van der Waals surface area contributed by atoms with Crippen LogP contribution in [0.1, 0.15) is 37.3 Å². The molecule has 0 saturated heterocycles. The summed E-state index contributed by atoms with van der Waals surface area (Å²) in [5, 5.41) is 15.6. The summed E-state index contributed by atoms with van der Waals surface area (Å²) in [6, 6.07) is 8.82. The number of carbonyl (C=O) groups is 1. The summed E-state index contributed by atoms with van der Waals surface area (Å²) in [6.45, 7) is 3.35. The zero-order chi connectivity index (χ0) is 16.8. The summed E-state index contributed by atoms with van der Waals surface area (Å²) >= 11 is 0. The number of rotatable bonds is 7. The van der Waals surface area contributed by atoms with Gasteiger partial charge in [0.1, 0.15) is 11.5 Å².